The van der Waals surface area contributed by atoms with Crippen molar-refractivity contribution in [2.45, 2.75) is 33.4 Å². The second kappa shape index (κ2) is 11.5. The molecule has 2 aromatic carbocycles. The Morgan fingerprint density at radius 3 is 2.45 bits per heavy atom. The topological polar surface area (TPSA) is 81.6 Å². The second-order valence-corrected chi connectivity index (χ2v) is 7.70. The molecule has 3 aromatic rings. The van der Waals surface area contributed by atoms with Gasteiger partial charge in [-0.2, -0.15) is 5.10 Å². The first-order valence-corrected chi connectivity index (χ1v) is 11.3. The number of aromatic nitrogens is 3. The SMILES string of the molecule is CCOc1ccc(-c2n[nH]c(=S)n2CCC(=O)N(CC)Cc2ccc(OC)c(OC)c2)cc1. The van der Waals surface area contributed by atoms with Gasteiger partial charge in [0.05, 0.1) is 20.8 Å². The van der Waals surface area contributed by atoms with E-state index in [0.717, 1.165) is 16.9 Å². The van der Waals surface area contributed by atoms with Gasteiger partial charge in [0.25, 0.3) is 0 Å². The molecule has 0 unspecified atom stereocenters. The maximum Gasteiger partial charge on any atom is 0.224 e. The van der Waals surface area contributed by atoms with E-state index in [1.54, 1.807) is 14.2 Å². The smallest absolute Gasteiger partial charge is 0.224 e. The van der Waals surface area contributed by atoms with E-state index in [2.05, 4.69) is 10.2 Å². The van der Waals surface area contributed by atoms with Crippen LogP contribution < -0.4 is 14.2 Å². The van der Waals surface area contributed by atoms with E-state index in [-0.39, 0.29) is 5.91 Å². The summed E-state index contributed by atoms with van der Waals surface area (Å²) < 4.78 is 18.5. The number of rotatable bonds is 11. The fourth-order valence-electron chi connectivity index (χ4n) is 3.55. The third-order valence-electron chi connectivity index (χ3n) is 5.29. The number of carbonyl (C=O) groups excluding carboxylic acids is 1. The Morgan fingerprint density at radius 2 is 1.82 bits per heavy atom. The Bertz CT molecular complexity index is 1120. The zero-order valence-electron chi connectivity index (χ0n) is 19.5. The molecule has 1 N–H and O–H groups in total. The van der Waals surface area contributed by atoms with Gasteiger partial charge in [0.1, 0.15) is 5.75 Å². The number of H-pyrrole nitrogens is 1. The summed E-state index contributed by atoms with van der Waals surface area (Å²) in [5, 5.41) is 7.20. The van der Waals surface area contributed by atoms with Crippen molar-refractivity contribution in [2.24, 2.45) is 0 Å². The van der Waals surface area contributed by atoms with Crippen molar-refractivity contribution in [3.63, 3.8) is 0 Å². The molecule has 0 spiro atoms. The van der Waals surface area contributed by atoms with Gasteiger partial charge in [0, 0.05) is 31.6 Å². The summed E-state index contributed by atoms with van der Waals surface area (Å²) in [5.74, 6) is 2.83. The van der Waals surface area contributed by atoms with Gasteiger partial charge < -0.3 is 19.1 Å². The molecule has 33 heavy (non-hydrogen) atoms. The van der Waals surface area contributed by atoms with Crippen LogP contribution in [0.5, 0.6) is 17.2 Å². The number of methoxy groups -OCH3 is 2. The predicted molar refractivity (Wildman–Crippen MR) is 129 cm³/mol. The van der Waals surface area contributed by atoms with Crippen LogP contribution in [-0.4, -0.2) is 52.9 Å². The Morgan fingerprint density at radius 1 is 1.09 bits per heavy atom. The summed E-state index contributed by atoms with van der Waals surface area (Å²) in [7, 11) is 3.20. The molecule has 0 atom stereocenters. The van der Waals surface area contributed by atoms with Gasteiger partial charge in [-0.05, 0) is 68.0 Å². The molecule has 3 rings (SSSR count). The minimum atomic E-state index is 0.0352. The number of aromatic amines is 1. The summed E-state index contributed by atoms with van der Waals surface area (Å²) >= 11 is 5.41. The van der Waals surface area contributed by atoms with Crippen LogP contribution >= 0.6 is 12.2 Å². The number of hydrogen-bond donors (Lipinski definition) is 1. The average molecular weight is 471 g/mol. The fourth-order valence-corrected chi connectivity index (χ4v) is 3.78. The number of carbonyl (C=O) groups is 1. The van der Waals surface area contributed by atoms with Crippen LogP contribution in [0.15, 0.2) is 42.5 Å². The number of ether oxygens (including phenoxy) is 3. The van der Waals surface area contributed by atoms with Gasteiger partial charge in [0.15, 0.2) is 22.1 Å². The van der Waals surface area contributed by atoms with Crippen molar-refractivity contribution in [3.05, 3.63) is 52.8 Å². The fraction of sp³-hybridized carbons (Fsp3) is 0.375. The quantitative estimate of drug-likeness (QED) is 0.417. The number of amides is 1. The molecule has 8 nitrogen and oxygen atoms in total. The summed E-state index contributed by atoms with van der Waals surface area (Å²) in [6, 6.07) is 13.3. The predicted octanol–water partition coefficient (Wildman–Crippen LogP) is 4.46. The largest absolute Gasteiger partial charge is 0.494 e. The molecule has 0 aliphatic carbocycles. The first kappa shape index (κ1) is 24.3. The van der Waals surface area contributed by atoms with Gasteiger partial charge >= 0.3 is 0 Å². The van der Waals surface area contributed by atoms with Crippen LogP contribution in [0.3, 0.4) is 0 Å². The van der Waals surface area contributed by atoms with Gasteiger partial charge in [-0.3, -0.25) is 14.5 Å². The van der Waals surface area contributed by atoms with Gasteiger partial charge in [-0.1, -0.05) is 6.07 Å². The van der Waals surface area contributed by atoms with Crippen LogP contribution in [0.2, 0.25) is 0 Å². The molecule has 0 aliphatic rings. The second-order valence-electron chi connectivity index (χ2n) is 7.31. The first-order chi connectivity index (χ1) is 16.0. The molecule has 0 saturated heterocycles. The van der Waals surface area contributed by atoms with Crippen molar-refractivity contribution in [1.82, 2.24) is 19.7 Å². The highest BCUT2D eigenvalue weighted by Crippen LogP contribution is 2.28. The lowest BCUT2D eigenvalue weighted by atomic mass is 10.1. The molecule has 1 aromatic heterocycles. The minimum Gasteiger partial charge on any atom is -0.494 e. The maximum absolute atomic E-state index is 13.0. The van der Waals surface area contributed by atoms with Gasteiger partial charge in [-0.15, -0.1) is 0 Å². The third kappa shape index (κ3) is 5.92. The molecule has 0 fully saturated rings. The first-order valence-electron chi connectivity index (χ1n) is 10.9. The summed E-state index contributed by atoms with van der Waals surface area (Å²) in [5.41, 5.74) is 1.87. The molecular weight excluding hydrogens is 440 g/mol. The summed E-state index contributed by atoms with van der Waals surface area (Å²) in [6.45, 7) is 6.03. The van der Waals surface area contributed by atoms with Crippen LogP contribution in [0, 0.1) is 4.77 Å². The Balaban J connectivity index is 1.69. The number of nitrogens with zero attached hydrogens (tertiary/aromatic N) is 3. The summed E-state index contributed by atoms with van der Waals surface area (Å²) in [6.07, 6.45) is 0.305. The van der Waals surface area contributed by atoms with Gasteiger partial charge in [0.2, 0.25) is 5.91 Å². The van der Waals surface area contributed by atoms with Crippen LogP contribution in [-0.2, 0) is 17.9 Å². The van der Waals surface area contributed by atoms with E-state index in [1.807, 2.05) is 65.8 Å². The molecule has 176 valence electrons. The van der Waals surface area contributed by atoms with Crippen molar-refractivity contribution >= 4 is 18.1 Å². The van der Waals surface area contributed by atoms with Crippen molar-refractivity contribution < 1.29 is 19.0 Å². The lowest BCUT2D eigenvalue weighted by Crippen LogP contribution is -2.31. The summed E-state index contributed by atoms with van der Waals surface area (Å²) in [4.78, 5) is 14.8. The van der Waals surface area contributed by atoms with E-state index in [4.69, 9.17) is 26.4 Å². The lowest BCUT2D eigenvalue weighted by molar-refractivity contribution is -0.131. The normalized spacial score (nSPS) is 10.7. The highest BCUT2D eigenvalue weighted by molar-refractivity contribution is 7.71. The number of benzene rings is 2. The molecule has 0 bridgehead atoms. The number of nitrogens with one attached hydrogen (secondary N) is 1. The van der Waals surface area contributed by atoms with Crippen LogP contribution in [0.1, 0.15) is 25.8 Å². The highest BCUT2D eigenvalue weighted by Gasteiger charge is 2.16. The van der Waals surface area contributed by atoms with E-state index in [0.29, 0.717) is 54.8 Å². The van der Waals surface area contributed by atoms with Gasteiger partial charge in [-0.25, -0.2) is 0 Å². The third-order valence-corrected chi connectivity index (χ3v) is 5.60. The zero-order valence-corrected chi connectivity index (χ0v) is 20.3. The molecule has 0 saturated carbocycles. The Hall–Kier alpha value is -3.33. The Kier molecular flexibility index (Phi) is 8.48. The van der Waals surface area contributed by atoms with Crippen molar-refractivity contribution in [1.29, 1.82) is 0 Å². The molecule has 9 heteroatoms. The molecular formula is C24H30N4O4S. The number of hydrogen-bond acceptors (Lipinski definition) is 6. The van der Waals surface area contributed by atoms with Crippen molar-refractivity contribution in [3.8, 4) is 28.6 Å². The zero-order chi connectivity index (χ0) is 23.8. The van der Waals surface area contributed by atoms with E-state index >= 15 is 0 Å². The molecule has 1 heterocycles. The molecule has 0 radical (unpaired) electrons. The average Bonchev–Trinajstić information content (AvgIpc) is 3.21. The monoisotopic (exact) mass is 470 g/mol. The molecule has 0 aliphatic heterocycles. The lowest BCUT2D eigenvalue weighted by Gasteiger charge is -2.22. The minimum absolute atomic E-state index is 0.0352. The van der Waals surface area contributed by atoms with Crippen molar-refractivity contribution in [2.75, 3.05) is 27.4 Å². The van der Waals surface area contributed by atoms with E-state index < -0.39 is 0 Å². The molecule has 1 amide bonds. The van der Waals surface area contributed by atoms with Crippen LogP contribution in [0.4, 0.5) is 0 Å². The van der Waals surface area contributed by atoms with E-state index in [1.165, 1.54) is 0 Å². The van der Waals surface area contributed by atoms with E-state index in [9.17, 15) is 4.79 Å². The standard InChI is InChI=1S/C24H30N4O4S/c1-5-27(16-17-7-12-20(30-3)21(15-17)31-4)22(29)13-14-28-23(25-26-24(28)33)18-8-10-19(11-9-18)32-6-2/h7-12,15H,5-6,13-14,16H2,1-4H3,(H,26,33). The Labute approximate surface area is 199 Å². The van der Waals surface area contributed by atoms with Crippen LogP contribution in [0.25, 0.3) is 11.4 Å². The maximum atomic E-state index is 13.0. The highest BCUT2D eigenvalue weighted by atomic mass is 32.1.